The monoisotopic (exact) mass is 314 g/mol. The van der Waals surface area contributed by atoms with Crippen molar-refractivity contribution >= 4 is 11.8 Å². The van der Waals surface area contributed by atoms with E-state index in [4.69, 9.17) is 0 Å². The first kappa shape index (κ1) is 16.0. The molecule has 0 aliphatic heterocycles. The first-order valence-electron chi connectivity index (χ1n) is 8.78. The first-order chi connectivity index (χ1) is 11.1. The fourth-order valence-electron chi connectivity index (χ4n) is 3.01. The lowest BCUT2D eigenvalue weighted by Crippen LogP contribution is -2.31. The lowest BCUT2D eigenvalue weighted by Gasteiger charge is -2.21. The van der Waals surface area contributed by atoms with Crippen LogP contribution in [0.1, 0.15) is 55.7 Å². The molecule has 1 aromatic carbocycles. The largest absolute Gasteiger partial charge is 0.356 e. The number of amides is 2. The van der Waals surface area contributed by atoms with Crippen LogP contribution in [0.2, 0.25) is 0 Å². The molecular formula is C19H26N2O2. The second-order valence-electron chi connectivity index (χ2n) is 6.91. The van der Waals surface area contributed by atoms with Crippen LogP contribution in [-0.4, -0.2) is 18.4 Å². The smallest absolute Gasteiger partial charge is 0.223 e. The molecule has 2 N–H and O–H groups in total. The summed E-state index contributed by atoms with van der Waals surface area (Å²) in [5, 5.41) is 6.12. The number of nitrogens with one attached hydrogen (secondary N) is 2. The molecule has 2 aliphatic rings. The maximum atomic E-state index is 12.2. The van der Waals surface area contributed by atoms with Crippen LogP contribution >= 0.6 is 0 Å². The Bertz CT molecular complexity index is 576. The van der Waals surface area contributed by atoms with Crippen molar-refractivity contribution in [2.75, 3.05) is 6.54 Å². The predicted molar refractivity (Wildman–Crippen MR) is 89.8 cm³/mol. The van der Waals surface area contributed by atoms with Gasteiger partial charge in [-0.15, -0.1) is 0 Å². The molecule has 0 aromatic heterocycles. The van der Waals surface area contributed by atoms with Gasteiger partial charge in [0.05, 0.1) is 6.04 Å². The molecule has 2 fully saturated rings. The van der Waals surface area contributed by atoms with E-state index in [9.17, 15) is 9.59 Å². The molecule has 2 amide bonds. The van der Waals surface area contributed by atoms with Crippen LogP contribution in [0.4, 0.5) is 0 Å². The zero-order valence-corrected chi connectivity index (χ0v) is 13.8. The van der Waals surface area contributed by atoms with E-state index in [1.807, 2.05) is 12.1 Å². The zero-order valence-electron chi connectivity index (χ0n) is 13.8. The summed E-state index contributed by atoms with van der Waals surface area (Å²) in [6, 6.07) is 8.44. The van der Waals surface area contributed by atoms with Crippen LogP contribution in [0.5, 0.6) is 0 Å². The van der Waals surface area contributed by atoms with Gasteiger partial charge in [0.1, 0.15) is 0 Å². The molecule has 4 heteroatoms. The highest BCUT2D eigenvalue weighted by atomic mass is 16.2. The summed E-state index contributed by atoms with van der Waals surface area (Å²) in [5.41, 5.74) is 2.48. The molecule has 0 saturated heterocycles. The highest BCUT2D eigenvalue weighted by Gasteiger charge is 2.34. The number of hydrogen-bond donors (Lipinski definition) is 2. The fraction of sp³-hybridized carbons (Fsp3) is 0.579. The third-order valence-electron chi connectivity index (χ3n) is 4.76. The first-order valence-corrected chi connectivity index (χ1v) is 8.78. The Morgan fingerprint density at radius 1 is 1.17 bits per heavy atom. The summed E-state index contributed by atoms with van der Waals surface area (Å²) in [6.07, 6.45) is 5.60. The molecule has 1 aromatic rings. The number of hydrogen-bond acceptors (Lipinski definition) is 2. The maximum Gasteiger partial charge on any atom is 0.223 e. The van der Waals surface area contributed by atoms with E-state index in [-0.39, 0.29) is 23.8 Å². The van der Waals surface area contributed by atoms with Crippen molar-refractivity contribution in [1.29, 1.82) is 0 Å². The van der Waals surface area contributed by atoms with Gasteiger partial charge in [-0.05, 0) is 56.1 Å². The molecule has 124 valence electrons. The van der Waals surface area contributed by atoms with Gasteiger partial charge in [0.2, 0.25) is 11.8 Å². The fourth-order valence-corrected chi connectivity index (χ4v) is 3.01. The molecule has 0 unspecified atom stereocenters. The molecule has 0 bridgehead atoms. The van der Waals surface area contributed by atoms with Gasteiger partial charge >= 0.3 is 0 Å². The van der Waals surface area contributed by atoms with Gasteiger partial charge in [0, 0.05) is 18.9 Å². The maximum absolute atomic E-state index is 12.2. The summed E-state index contributed by atoms with van der Waals surface area (Å²) in [5.74, 6) is 1.06. The Kier molecular flexibility index (Phi) is 4.99. The van der Waals surface area contributed by atoms with Crippen LogP contribution in [0.15, 0.2) is 24.3 Å². The van der Waals surface area contributed by atoms with Gasteiger partial charge in [-0.1, -0.05) is 24.3 Å². The van der Waals surface area contributed by atoms with Gasteiger partial charge < -0.3 is 10.6 Å². The van der Waals surface area contributed by atoms with E-state index < -0.39 is 0 Å². The molecule has 0 heterocycles. The number of carbonyl (C=O) groups is 2. The van der Waals surface area contributed by atoms with E-state index in [1.165, 1.54) is 24.0 Å². The Morgan fingerprint density at radius 2 is 1.91 bits per heavy atom. The van der Waals surface area contributed by atoms with E-state index in [2.05, 4.69) is 29.7 Å². The molecule has 2 aliphatic carbocycles. The second kappa shape index (κ2) is 7.16. The minimum absolute atomic E-state index is 0.0887. The van der Waals surface area contributed by atoms with Gasteiger partial charge in [-0.3, -0.25) is 9.59 Å². The van der Waals surface area contributed by atoms with Crippen LogP contribution in [-0.2, 0) is 9.59 Å². The number of rotatable bonds is 8. The SMILES string of the molecule is Cc1ccccc1[C@@H](NC(=O)CCCNC(=O)C1CC1)C1CC1. The summed E-state index contributed by atoms with van der Waals surface area (Å²) in [6.45, 7) is 2.70. The van der Waals surface area contributed by atoms with E-state index in [0.717, 1.165) is 12.8 Å². The van der Waals surface area contributed by atoms with Crippen molar-refractivity contribution in [3.05, 3.63) is 35.4 Å². The average molecular weight is 314 g/mol. The van der Waals surface area contributed by atoms with Gasteiger partial charge in [0.25, 0.3) is 0 Å². The lowest BCUT2D eigenvalue weighted by atomic mass is 9.97. The van der Waals surface area contributed by atoms with Crippen molar-refractivity contribution < 1.29 is 9.59 Å². The number of benzene rings is 1. The minimum atomic E-state index is 0.0887. The quantitative estimate of drug-likeness (QED) is 0.725. The molecule has 4 nitrogen and oxygen atoms in total. The third kappa shape index (κ3) is 4.57. The normalized spacial score (nSPS) is 18.3. The van der Waals surface area contributed by atoms with E-state index >= 15 is 0 Å². The Labute approximate surface area is 138 Å². The highest BCUT2D eigenvalue weighted by Crippen LogP contribution is 2.41. The summed E-state index contributed by atoms with van der Waals surface area (Å²) < 4.78 is 0. The molecule has 1 atom stereocenters. The Morgan fingerprint density at radius 3 is 2.57 bits per heavy atom. The van der Waals surface area contributed by atoms with Gasteiger partial charge in [0.15, 0.2) is 0 Å². The summed E-state index contributed by atoms with van der Waals surface area (Å²) in [7, 11) is 0. The Hall–Kier alpha value is -1.84. The summed E-state index contributed by atoms with van der Waals surface area (Å²) >= 11 is 0. The molecular weight excluding hydrogens is 288 g/mol. The standard InChI is InChI=1S/C19H26N2O2/c1-13-5-2-3-6-16(13)18(14-8-9-14)21-17(22)7-4-12-20-19(23)15-10-11-15/h2-3,5-6,14-15,18H,4,7-12H2,1H3,(H,20,23)(H,21,22)/t18-/m0/s1. The van der Waals surface area contributed by atoms with Crippen molar-refractivity contribution in [2.45, 2.75) is 51.5 Å². The number of carbonyl (C=O) groups excluding carboxylic acids is 2. The van der Waals surface area contributed by atoms with E-state index in [1.54, 1.807) is 0 Å². The van der Waals surface area contributed by atoms with Crippen molar-refractivity contribution in [3.8, 4) is 0 Å². The third-order valence-corrected chi connectivity index (χ3v) is 4.76. The van der Waals surface area contributed by atoms with Crippen molar-refractivity contribution in [1.82, 2.24) is 10.6 Å². The van der Waals surface area contributed by atoms with Crippen molar-refractivity contribution in [2.24, 2.45) is 11.8 Å². The predicted octanol–water partition coefficient (Wildman–Crippen LogP) is 2.87. The lowest BCUT2D eigenvalue weighted by molar-refractivity contribution is -0.124. The van der Waals surface area contributed by atoms with Crippen LogP contribution in [0.3, 0.4) is 0 Å². The van der Waals surface area contributed by atoms with E-state index in [0.29, 0.717) is 25.3 Å². The molecule has 23 heavy (non-hydrogen) atoms. The topological polar surface area (TPSA) is 58.2 Å². The van der Waals surface area contributed by atoms with Gasteiger partial charge in [-0.25, -0.2) is 0 Å². The minimum Gasteiger partial charge on any atom is -0.356 e. The van der Waals surface area contributed by atoms with Crippen LogP contribution < -0.4 is 10.6 Å². The van der Waals surface area contributed by atoms with Gasteiger partial charge in [-0.2, -0.15) is 0 Å². The van der Waals surface area contributed by atoms with Crippen molar-refractivity contribution in [3.63, 3.8) is 0 Å². The highest BCUT2D eigenvalue weighted by molar-refractivity contribution is 5.81. The molecule has 3 rings (SSSR count). The van der Waals surface area contributed by atoms with Crippen LogP contribution in [0, 0.1) is 18.8 Å². The Balaban J connectivity index is 1.45. The summed E-state index contributed by atoms with van der Waals surface area (Å²) in [4.78, 5) is 23.8. The number of aryl methyl sites for hydroxylation is 1. The second-order valence-corrected chi connectivity index (χ2v) is 6.91. The zero-order chi connectivity index (χ0) is 16.2. The molecule has 2 saturated carbocycles. The molecule has 0 radical (unpaired) electrons. The molecule has 0 spiro atoms. The average Bonchev–Trinajstić information content (AvgIpc) is 3.40. The van der Waals surface area contributed by atoms with Crippen LogP contribution in [0.25, 0.3) is 0 Å².